The minimum Gasteiger partial charge on any atom is -0.468 e. The number of ether oxygens (including phenoxy) is 2. The number of hydrogen-bond acceptors (Lipinski definition) is 6. The maximum Gasteiger partial charge on any atom is 0.325 e. The molecule has 0 unspecified atom stereocenters. The molecule has 0 spiro atoms. The quantitative estimate of drug-likeness (QED) is 0.277. The zero-order valence-corrected chi connectivity index (χ0v) is 19.5. The van der Waals surface area contributed by atoms with E-state index in [1.54, 1.807) is 11.8 Å². The van der Waals surface area contributed by atoms with Crippen LogP contribution in [0.5, 0.6) is 5.75 Å². The fourth-order valence-electron chi connectivity index (χ4n) is 3.11. The third-order valence-electron chi connectivity index (χ3n) is 4.62. The highest BCUT2D eigenvalue weighted by Crippen LogP contribution is 2.37. The summed E-state index contributed by atoms with van der Waals surface area (Å²) < 4.78 is 10.4. The van der Waals surface area contributed by atoms with Crippen LogP contribution in [-0.2, 0) is 14.3 Å². The van der Waals surface area contributed by atoms with E-state index in [4.69, 9.17) is 21.7 Å². The smallest absolute Gasteiger partial charge is 0.325 e. The number of methoxy groups -OCH3 is 1. The van der Waals surface area contributed by atoms with Gasteiger partial charge in [0, 0.05) is 24.1 Å². The molecule has 158 valence electrons. The Kier molecular flexibility index (Phi) is 8.28. The van der Waals surface area contributed by atoms with Crippen molar-refractivity contribution in [2.45, 2.75) is 46.5 Å². The van der Waals surface area contributed by atoms with Crippen LogP contribution >= 0.6 is 24.0 Å². The predicted molar refractivity (Wildman–Crippen MR) is 123 cm³/mol. The van der Waals surface area contributed by atoms with Gasteiger partial charge in [-0.1, -0.05) is 39.9 Å². The molecule has 1 heterocycles. The number of rotatable bonds is 6. The molecular weight excluding hydrogens is 406 g/mol. The standard InChI is InChI=1S/C22H29NO4S2/c1-13(2)17-9-16(10-18(14(3)4)21(17)27-15(5)24)11-19-22(28)23(7-8-29-19)12-20(25)26-6/h9-11,13-14H,7-8,12H2,1-6H3. The van der Waals surface area contributed by atoms with E-state index in [9.17, 15) is 9.59 Å². The minimum absolute atomic E-state index is 0.160. The van der Waals surface area contributed by atoms with E-state index < -0.39 is 0 Å². The SMILES string of the molecule is COC(=O)CN1CCSC(=Cc2cc(C(C)C)c(OC(C)=O)c(C(C)C)c2)C1=S. The zero-order valence-electron chi connectivity index (χ0n) is 17.9. The summed E-state index contributed by atoms with van der Waals surface area (Å²) in [4.78, 5) is 26.8. The van der Waals surface area contributed by atoms with Gasteiger partial charge in [0.15, 0.2) is 0 Å². The number of benzene rings is 1. The van der Waals surface area contributed by atoms with E-state index in [0.717, 1.165) is 33.9 Å². The van der Waals surface area contributed by atoms with Crippen molar-refractivity contribution in [3.63, 3.8) is 0 Å². The number of thiocarbonyl (C=S) groups is 1. The van der Waals surface area contributed by atoms with Crippen LogP contribution in [0.25, 0.3) is 6.08 Å². The van der Waals surface area contributed by atoms with Gasteiger partial charge < -0.3 is 14.4 Å². The fraction of sp³-hybridized carbons (Fsp3) is 0.500. The molecule has 0 radical (unpaired) electrons. The summed E-state index contributed by atoms with van der Waals surface area (Å²) in [6, 6.07) is 4.12. The van der Waals surface area contributed by atoms with Crippen LogP contribution in [0.2, 0.25) is 0 Å². The molecule has 0 N–H and O–H groups in total. The van der Waals surface area contributed by atoms with Gasteiger partial charge in [-0.25, -0.2) is 0 Å². The maximum atomic E-state index is 11.7. The van der Waals surface area contributed by atoms with Crippen LogP contribution in [-0.4, -0.2) is 47.8 Å². The minimum atomic E-state index is -0.317. The Morgan fingerprint density at radius 2 is 1.79 bits per heavy atom. The van der Waals surface area contributed by atoms with Gasteiger partial charge in [0.2, 0.25) is 0 Å². The molecule has 1 aliphatic rings. The lowest BCUT2D eigenvalue weighted by molar-refractivity contribution is -0.141. The Morgan fingerprint density at radius 1 is 1.21 bits per heavy atom. The van der Waals surface area contributed by atoms with Crippen molar-refractivity contribution in [1.82, 2.24) is 4.90 Å². The largest absolute Gasteiger partial charge is 0.468 e. The lowest BCUT2D eigenvalue weighted by Crippen LogP contribution is -2.39. The van der Waals surface area contributed by atoms with E-state index in [1.807, 2.05) is 4.90 Å². The summed E-state index contributed by atoms with van der Waals surface area (Å²) in [5, 5.41) is 0. The van der Waals surface area contributed by atoms with Crippen molar-refractivity contribution in [2.24, 2.45) is 0 Å². The predicted octanol–water partition coefficient (Wildman–Crippen LogP) is 4.75. The molecule has 0 amide bonds. The van der Waals surface area contributed by atoms with E-state index >= 15 is 0 Å². The molecule has 1 fully saturated rings. The first-order chi connectivity index (χ1) is 13.6. The van der Waals surface area contributed by atoms with Gasteiger partial charge in [0.1, 0.15) is 17.3 Å². The highest BCUT2D eigenvalue weighted by atomic mass is 32.2. The van der Waals surface area contributed by atoms with E-state index in [0.29, 0.717) is 10.7 Å². The molecule has 0 aliphatic carbocycles. The molecule has 1 aliphatic heterocycles. The maximum absolute atomic E-state index is 11.7. The third-order valence-corrected chi connectivity index (χ3v) is 6.24. The Labute approximate surface area is 182 Å². The molecule has 1 aromatic carbocycles. The Hall–Kier alpha value is -1.86. The second-order valence-electron chi connectivity index (χ2n) is 7.59. The molecule has 1 aromatic rings. The first kappa shape index (κ1) is 23.4. The van der Waals surface area contributed by atoms with Gasteiger partial charge >= 0.3 is 11.9 Å². The highest BCUT2D eigenvalue weighted by Gasteiger charge is 2.24. The second-order valence-corrected chi connectivity index (χ2v) is 9.11. The van der Waals surface area contributed by atoms with Crippen LogP contribution < -0.4 is 4.74 Å². The summed E-state index contributed by atoms with van der Waals surface area (Å²) in [7, 11) is 1.38. The molecule has 1 saturated heterocycles. The summed E-state index contributed by atoms with van der Waals surface area (Å²) in [6.07, 6.45) is 2.06. The lowest BCUT2D eigenvalue weighted by atomic mass is 9.91. The van der Waals surface area contributed by atoms with Gasteiger partial charge in [-0.05, 0) is 46.7 Å². The molecule has 2 rings (SSSR count). The van der Waals surface area contributed by atoms with Crippen LogP contribution in [0.1, 0.15) is 63.1 Å². The van der Waals surface area contributed by atoms with Gasteiger partial charge in [-0.3, -0.25) is 9.59 Å². The Morgan fingerprint density at radius 3 is 2.28 bits per heavy atom. The van der Waals surface area contributed by atoms with E-state index in [-0.39, 0.29) is 30.3 Å². The molecule has 0 saturated carbocycles. The average Bonchev–Trinajstić information content (AvgIpc) is 2.64. The van der Waals surface area contributed by atoms with Crippen molar-refractivity contribution in [3.05, 3.63) is 33.7 Å². The monoisotopic (exact) mass is 435 g/mol. The Balaban J connectivity index is 2.47. The van der Waals surface area contributed by atoms with Crippen molar-refractivity contribution in [2.75, 3.05) is 26.0 Å². The molecule has 0 atom stereocenters. The Bertz CT molecular complexity index is 801. The topological polar surface area (TPSA) is 55.8 Å². The molecule has 7 heteroatoms. The van der Waals surface area contributed by atoms with Crippen molar-refractivity contribution in [3.8, 4) is 5.75 Å². The van der Waals surface area contributed by atoms with Crippen LogP contribution in [0.3, 0.4) is 0 Å². The number of hydrogen-bond donors (Lipinski definition) is 0. The first-order valence-corrected chi connectivity index (χ1v) is 11.1. The molecule has 29 heavy (non-hydrogen) atoms. The fourth-order valence-corrected chi connectivity index (χ4v) is 4.51. The molecule has 5 nitrogen and oxygen atoms in total. The van der Waals surface area contributed by atoms with Crippen LogP contribution in [0.15, 0.2) is 17.0 Å². The van der Waals surface area contributed by atoms with Crippen molar-refractivity contribution < 1.29 is 19.1 Å². The number of thioether (sulfide) groups is 1. The molecular formula is C22H29NO4S2. The summed E-state index contributed by atoms with van der Waals surface area (Å²) in [6.45, 7) is 10.6. The first-order valence-electron chi connectivity index (χ1n) is 9.70. The second kappa shape index (κ2) is 10.3. The lowest BCUT2D eigenvalue weighted by Gasteiger charge is -2.30. The number of nitrogens with zero attached hydrogens (tertiary/aromatic N) is 1. The summed E-state index contributed by atoms with van der Waals surface area (Å²) >= 11 is 7.31. The highest BCUT2D eigenvalue weighted by molar-refractivity contribution is 8.05. The average molecular weight is 436 g/mol. The van der Waals surface area contributed by atoms with Crippen molar-refractivity contribution in [1.29, 1.82) is 0 Å². The van der Waals surface area contributed by atoms with Gasteiger partial charge in [-0.15, -0.1) is 11.8 Å². The van der Waals surface area contributed by atoms with Crippen LogP contribution in [0, 0.1) is 0 Å². The summed E-state index contributed by atoms with van der Waals surface area (Å²) in [5.41, 5.74) is 3.01. The van der Waals surface area contributed by atoms with E-state index in [1.165, 1.54) is 14.0 Å². The summed E-state index contributed by atoms with van der Waals surface area (Å²) in [5.74, 6) is 1.29. The van der Waals surface area contributed by atoms with Gasteiger partial charge in [0.25, 0.3) is 0 Å². The van der Waals surface area contributed by atoms with E-state index in [2.05, 4.69) is 45.9 Å². The number of carbonyl (C=O) groups excluding carboxylic acids is 2. The normalized spacial score (nSPS) is 15.9. The molecule has 0 bridgehead atoms. The zero-order chi connectivity index (χ0) is 21.7. The third kappa shape index (κ3) is 6.06. The number of carbonyl (C=O) groups is 2. The van der Waals surface area contributed by atoms with Gasteiger partial charge in [0.05, 0.1) is 7.11 Å². The number of esters is 2. The van der Waals surface area contributed by atoms with Gasteiger partial charge in [-0.2, -0.15) is 0 Å². The van der Waals surface area contributed by atoms with Crippen molar-refractivity contribution >= 4 is 47.0 Å². The molecule has 0 aromatic heterocycles. The van der Waals surface area contributed by atoms with Crippen LogP contribution in [0.4, 0.5) is 0 Å².